The van der Waals surface area contributed by atoms with Gasteiger partial charge in [0.2, 0.25) is 5.91 Å². The molecule has 2 aromatic heterocycles. The summed E-state index contributed by atoms with van der Waals surface area (Å²) in [6.07, 6.45) is 9.38. The number of carbonyl (C=O) groups excluding carboxylic acids is 1. The SMILES string of the molecule is Cc1cc(NC(=O)C(N)Cc2cnn(C)c2)ccc1-n1ccnc1. The first-order valence-corrected chi connectivity index (χ1v) is 7.66. The average Bonchev–Trinajstić information content (AvgIpc) is 3.19. The van der Waals surface area contributed by atoms with E-state index in [1.54, 1.807) is 23.4 Å². The molecule has 0 bridgehead atoms. The highest BCUT2D eigenvalue weighted by atomic mass is 16.2. The van der Waals surface area contributed by atoms with Crippen molar-refractivity contribution in [1.82, 2.24) is 19.3 Å². The lowest BCUT2D eigenvalue weighted by Crippen LogP contribution is -2.37. The molecule has 1 unspecified atom stereocenters. The first-order chi connectivity index (χ1) is 11.5. The molecule has 24 heavy (non-hydrogen) atoms. The van der Waals surface area contributed by atoms with Crippen LogP contribution in [0.15, 0.2) is 49.3 Å². The summed E-state index contributed by atoms with van der Waals surface area (Å²) in [6.45, 7) is 1.99. The normalized spacial score (nSPS) is 12.1. The maximum Gasteiger partial charge on any atom is 0.241 e. The second kappa shape index (κ2) is 6.67. The Morgan fingerprint density at radius 3 is 2.88 bits per heavy atom. The first-order valence-electron chi connectivity index (χ1n) is 7.66. The van der Waals surface area contributed by atoms with E-state index in [0.717, 1.165) is 22.5 Å². The molecule has 3 aromatic rings. The van der Waals surface area contributed by atoms with Crippen molar-refractivity contribution < 1.29 is 4.79 Å². The van der Waals surface area contributed by atoms with Gasteiger partial charge in [0, 0.05) is 37.0 Å². The number of carbonyl (C=O) groups is 1. The minimum absolute atomic E-state index is 0.214. The molecule has 0 saturated heterocycles. The van der Waals surface area contributed by atoms with E-state index in [1.807, 2.05) is 49.1 Å². The van der Waals surface area contributed by atoms with Gasteiger partial charge in [-0.3, -0.25) is 9.48 Å². The quantitative estimate of drug-likeness (QED) is 0.742. The van der Waals surface area contributed by atoms with E-state index in [1.165, 1.54) is 0 Å². The molecule has 1 amide bonds. The minimum Gasteiger partial charge on any atom is -0.325 e. The van der Waals surface area contributed by atoms with Gasteiger partial charge in [-0.05, 0) is 42.7 Å². The van der Waals surface area contributed by atoms with Gasteiger partial charge in [-0.1, -0.05) is 0 Å². The molecule has 0 aliphatic rings. The number of nitrogens with zero attached hydrogens (tertiary/aromatic N) is 4. The van der Waals surface area contributed by atoms with Crippen LogP contribution in [0.4, 0.5) is 5.69 Å². The third-order valence-corrected chi connectivity index (χ3v) is 3.80. The van der Waals surface area contributed by atoms with E-state index in [4.69, 9.17) is 5.73 Å². The Labute approximate surface area is 140 Å². The van der Waals surface area contributed by atoms with E-state index < -0.39 is 6.04 Å². The summed E-state index contributed by atoms with van der Waals surface area (Å²) < 4.78 is 3.62. The number of nitrogens with one attached hydrogen (secondary N) is 1. The Kier molecular flexibility index (Phi) is 4.43. The summed E-state index contributed by atoms with van der Waals surface area (Å²) in [5.41, 5.74) is 9.70. The fourth-order valence-electron chi connectivity index (χ4n) is 2.58. The van der Waals surface area contributed by atoms with E-state index in [9.17, 15) is 4.79 Å². The van der Waals surface area contributed by atoms with Gasteiger partial charge in [0.05, 0.1) is 18.6 Å². The van der Waals surface area contributed by atoms with Gasteiger partial charge in [-0.2, -0.15) is 5.10 Å². The summed E-state index contributed by atoms with van der Waals surface area (Å²) in [4.78, 5) is 16.3. The molecule has 0 saturated carbocycles. The predicted molar refractivity (Wildman–Crippen MR) is 91.8 cm³/mol. The van der Waals surface area contributed by atoms with Crippen molar-refractivity contribution in [2.75, 3.05) is 5.32 Å². The number of aromatic nitrogens is 4. The number of aryl methyl sites for hydroxylation is 2. The van der Waals surface area contributed by atoms with Crippen molar-refractivity contribution in [3.8, 4) is 5.69 Å². The van der Waals surface area contributed by atoms with Gasteiger partial charge in [0.15, 0.2) is 0 Å². The second-order valence-corrected chi connectivity index (χ2v) is 5.79. The molecule has 0 fully saturated rings. The number of rotatable bonds is 5. The third-order valence-electron chi connectivity index (χ3n) is 3.80. The maximum atomic E-state index is 12.3. The number of hydrogen-bond acceptors (Lipinski definition) is 4. The summed E-state index contributed by atoms with van der Waals surface area (Å²) in [6, 6.07) is 5.10. The van der Waals surface area contributed by atoms with Gasteiger partial charge in [0.25, 0.3) is 0 Å². The summed E-state index contributed by atoms with van der Waals surface area (Å²) in [5, 5.41) is 6.95. The van der Waals surface area contributed by atoms with Crippen LogP contribution in [0.25, 0.3) is 5.69 Å². The predicted octanol–water partition coefficient (Wildman–Crippen LogP) is 1.42. The summed E-state index contributed by atoms with van der Waals surface area (Å²) in [7, 11) is 1.83. The van der Waals surface area contributed by atoms with Gasteiger partial charge in [0.1, 0.15) is 0 Å². The molecule has 3 N–H and O–H groups in total. The van der Waals surface area contributed by atoms with E-state index in [2.05, 4.69) is 15.4 Å². The van der Waals surface area contributed by atoms with Gasteiger partial charge < -0.3 is 15.6 Å². The monoisotopic (exact) mass is 324 g/mol. The maximum absolute atomic E-state index is 12.3. The highest BCUT2D eigenvalue weighted by Gasteiger charge is 2.15. The Hall–Kier alpha value is -2.93. The van der Waals surface area contributed by atoms with Crippen LogP contribution in [-0.2, 0) is 18.3 Å². The molecule has 1 aromatic carbocycles. The molecular weight excluding hydrogens is 304 g/mol. The van der Waals surface area contributed by atoms with E-state index >= 15 is 0 Å². The van der Waals surface area contributed by atoms with Crippen molar-refractivity contribution in [3.63, 3.8) is 0 Å². The second-order valence-electron chi connectivity index (χ2n) is 5.79. The Morgan fingerprint density at radius 1 is 1.42 bits per heavy atom. The molecule has 0 aliphatic carbocycles. The Bertz CT molecular complexity index is 837. The number of nitrogens with two attached hydrogens (primary N) is 1. The first kappa shape index (κ1) is 15.9. The number of anilines is 1. The summed E-state index contributed by atoms with van der Waals surface area (Å²) in [5.74, 6) is -0.214. The average molecular weight is 324 g/mol. The topological polar surface area (TPSA) is 90.8 Å². The van der Waals surface area contributed by atoms with Gasteiger partial charge in [-0.15, -0.1) is 0 Å². The fourth-order valence-corrected chi connectivity index (χ4v) is 2.58. The third kappa shape index (κ3) is 3.52. The lowest BCUT2D eigenvalue weighted by molar-refractivity contribution is -0.117. The van der Waals surface area contributed by atoms with Gasteiger partial charge >= 0.3 is 0 Å². The molecule has 0 aliphatic heterocycles. The Balaban J connectivity index is 1.67. The Morgan fingerprint density at radius 2 is 2.25 bits per heavy atom. The molecule has 0 spiro atoms. The van der Waals surface area contributed by atoms with Crippen molar-refractivity contribution >= 4 is 11.6 Å². The number of hydrogen-bond donors (Lipinski definition) is 2. The molecule has 3 rings (SSSR count). The molecule has 124 valence electrons. The number of amides is 1. The van der Waals surface area contributed by atoms with Crippen LogP contribution < -0.4 is 11.1 Å². The molecule has 0 radical (unpaired) electrons. The largest absolute Gasteiger partial charge is 0.325 e. The van der Waals surface area contributed by atoms with Crippen LogP contribution in [0.1, 0.15) is 11.1 Å². The zero-order valence-corrected chi connectivity index (χ0v) is 13.7. The van der Waals surface area contributed by atoms with Crippen molar-refractivity contribution in [2.45, 2.75) is 19.4 Å². The van der Waals surface area contributed by atoms with E-state index in [-0.39, 0.29) is 5.91 Å². The summed E-state index contributed by atoms with van der Waals surface area (Å²) >= 11 is 0. The number of imidazole rings is 1. The highest BCUT2D eigenvalue weighted by molar-refractivity contribution is 5.95. The lowest BCUT2D eigenvalue weighted by Gasteiger charge is -2.13. The van der Waals surface area contributed by atoms with Crippen LogP contribution in [0, 0.1) is 6.92 Å². The van der Waals surface area contributed by atoms with Gasteiger partial charge in [-0.25, -0.2) is 4.98 Å². The van der Waals surface area contributed by atoms with Crippen LogP contribution >= 0.6 is 0 Å². The van der Waals surface area contributed by atoms with Crippen LogP contribution in [-0.4, -0.2) is 31.3 Å². The zero-order valence-electron chi connectivity index (χ0n) is 13.7. The number of benzene rings is 1. The highest BCUT2D eigenvalue weighted by Crippen LogP contribution is 2.19. The lowest BCUT2D eigenvalue weighted by atomic mass is 10.1. The molecular formula is C17H20N6O. The van der Waals surface area contributed by atoms with Crippen LogP contribution in [0.3, 0.4) is 0 Å². The van der Waals surface area contributed by atoms with Crippen molar-refractivity contribution in [2.24, 2.45) is 12.8 Å². The molecule has 2 heterocycles. The molecule has 7 heteroatoms. The zero-order chi connectivity index (χ0) is 17.1. The van der Waals surface area contributed by atoms with Crippen molar-refractivity contribution in [1.29, 1.82) is 0 Å². The minimum atomic E-state index is -0.622. The fraction of sp³-hybridized carbons (Fsp3) is 0.235. The van der Waals surface area contributed by atoms with Crippen LogP contribution in [0.2, 0.25) is 0 Å². The molecule has 7 nitrogen and oxygen atoms in total. The smallest absolute Gasteiger partial charge is 0.241 e. The molecule has 1 atom stereocenters. The van der Waals surface area contributed by atoms with E-state index in [0.29, 0.717) is 6.42 Å². The van der Waals surface area contributed by atoms with Crippen molar-refractivity contribution in [3.05, 3.63) is 60.4 Å². The standard InChI is InChI=1S/C17H20N6O/c1-12-7-14(3-4-16(12)23-6-5-19-11-23)21-17(24)15(18)8-13-9-20-22(2)10-13/h3-7,9-11,15H,8,18H2,1-2H3,(H,21,24). The van der Waals surface area contributed by atoms with Crippen LogP contribution in [0.5, 0.6) is 0 Å².